The van der Waals surface area contributed by atoms with Crippen LogP contribution in [-0.4, -0.2) is 18.9 Å². The van der Waals surface area contributed by atoms with Crippen LogP contribution < -0.4 is 0 Å². The van der Waals surface area contributed by atoms with Gasteiger partial charge in [0.1, 0.15) is 5.78 Å². The molecule has 2 unspecified atom stereocenters. The molecule has 0 aromatic rings. The molecule has 1 rings (SSSR count). The van der Waals surface area contributed by atoms with Gasteiger partial charge in [-0.3, -0.25) is 9.59 Å². The lowest BCUT2D eigenvalue weighted by atomic mass is 9.87. The first kappa shape index (κ1) is 11.2. The van der Waals surface area contributed by atoms with Crippen LogP contribution in [0.5, 0.6) is 0 Å². The van der Waals surface area contributed by atoms with Crippen LogP contribution in [0.15, 0.2) is 0 Å². The van der Waals surface area contributed by atoms with E-state index in [4.69, 9.17) is 4.74 Å². The molecule has 0 aromatic carbocycles. The first-order valence-corrected chi connectivity index (χ1v) is 5.24. The Bertz CT molecular complexity index is 223. The molecular weight excluding hydrogens is 180 g/mol. The van der Waals surface area contributed by atoms with E-state index in [2.05, 4.69) is 0 Å². The molecule has 0 amide bonds. The minimum absolute atomic E-state index is 0.0640. The highest BCUT2D eigenvalue weighted by molar-refractivity contribution is 5.78. The number of hydrogen-bond donors (Lipinski definition) is 0. The fraction of sp³-hybridized carbons (Fsp3) is 0.818. The number of rotatable bonds is 2. The molecule has 80 valence electrons. The van der Waals surface area contributed by atoms with E-state index in [0.29, 0.717) is 24.5 Å². The second-order valence-electron chi connectivity index (χ2n) is 4.04. The van der Waals surface area contributed by atoms with Crippen molar-refractivity contribution >= 4 is 11.8 Å². The first-order valence-electron chi connectivity index (χ1n) is 5.24. The number of ether oxygens (including phenoxy) is 1. The summed E-state index contributed by atoms with van der Waals surface area (Å²) in [7, 11) is 1.42. The van der Waals surface area contributed by atoms with Crippen molar-refractivity contribution in [1.29, 1.82) is 0 Å². The van der Waals surface area contributed by atoms with Gasteiger partial charge in [-0.15, -0.1) is 0 Å². The minimum atomic E-state index is -0.149. The zero-order chi connectivity index (χ0) is 10.6. The smallest absolute Gasteiger partial charge is 0.308 e. The van der Waals surface area contributed by atoms with Gasteiger partial charge >= 0.3 is 5.97 Å². The molecule has 0 saturated heterocycles. The predicted molar refractivity (Wildman–Crippen MR) is 52.8 cm³/mol. The van der Waals surface area contributed by atoms with Crippen LogP contribution in [-0.2, 0) is 14.3 Å². The zero-order valence-electron chi connectivity index (χ0n) is 8.91. The number of carbonyl (C=O) groups excluding carboxylic acids is 2. The van der Waals surface area contributed by atoms with Crippen molar-refractivity contribution in [3.05, 3.63) is 0 Å². The Morgan fingerprint density at radius 2 is 2.14 bits per heavy atom. The molecule has 3 heteroatoms. The normalized spacial score (nSPS) is 25.3. The van der Waals surface area contributed by atoms with Crippen LogP contribution >= 0.6 is 0 Å². The molecular formula is C11H18O3. The van der Waals surface area contributed by atoms with E-state index < -0.39 is 0 Å². The van der Waals surface area contributed by atoms with Gasteiger partial charge in [0.25, 0.3) is 0 Å². The third kappa shape index (κ3) is 2.82. The van der Waals surface area contributed by atoms with Crippen molar-refractivity contribution in [2.45, 2.75) is 39.0 Å². The van der Waals surface area contributed by atoms with Crippen LogP contribution in [0.25, 0.3) is 0 Å². The summed E-state index contributed by atoms with van der Waals surface area (Å²) >= 11 is 0. The number of esters is 1. The molecule has 0 spiro atoms. The van der Waals surface area contributed by atoms with Crippen molar-refractivity contribution in [2.75, 3.05) is 7.11 Å². The topological polar surface area (TPSA) is 43.4 Å². The van der Waals surface area contributed by atoms with Crippen molar-refractivity contribution in [3.63, 3.8) is 0 Å². The predicted octanol–water partition coefficient (Wildman–Crippen LogP) is 1.94. The van der Waals surface area contributed by atoms with E-state index in [9.17, 15) is 9.59 Å². The molecule has 1 fully saturated rings. The Hall–Kier alpha value is -0.860. The molecule has 14 heavy (non-hydrogen) atoms. The molecule has 1 aliphatic rings. The largest absolute Gasteiger partial charge is 0.469 e. The van der Waals surface area contributed by atoms with Gasteiger partial charge in [0.2, 0.25) is 0 Å². The second kappa shape index (κ2) is 5.13. The van der Waals surface area contributed by atoms with Crippen molar-refractivity contribution in [1.82, 2.24) is 0 Å². The molecule has 0 bridgehead atoms. The lowest BCUT2D eigenvalue weighted by molar-refractivity contribution is -0.147. The van der Waals surface area contributed by atoms with Gasteiger partial charge in [-0.05, 0) is 25.2 Å². The van der Waals surface area contributed by atoms with Gasteiger partial charge in [0, 0.05) is 12.8 Å². The van der Waals surface area contributed by atoms with Gasteiger partial charge in [-0.2, -0.15) is 0 Å². The van der Waals surface area contributed by atoms with Crippen molar-refractivity contribution in [2.24, 2.45) is 11.8 Å². The summed E-state index contributed by atoms with van der Waals surface area (Å²) in [5.41, 5.74) is 0. The maximum atomic E-state index is 11.3. The average Bonchev–Trinajstić information content (AvgIpc) is 2.40. The number of hydrogen-bond acceptors (Lipinski definition) is 3. The van der Waals surface area contributed by atoms with Gasteiger partial charge in [-0.1, -0.05) is 6.92 Å². The Morgan fingerprint density at radius 3 is 2.79 bits per heavy atom. The van der Waals surface area contributed by atoms with Gasteiger partial charge in [-0.25, -0.2) is 0 Å². The highest BCUT2D eigenvalue weighted by atomic mass is 16.5. The molecule has 1 aliphatic carbocycles. The maximum absolute atomic E-state index is 11.3. The van der Waals surface area contributed by atoms with E-state index in [-0.39, 0.29) is 11.9 Å². The second-order valence-corrected chi connectivity index (χ2v) is 4.04. The number of ketones is 1. The summed E-state index contributed by atoms with van der Waals surface area (Å²) in [5, 5.41) is 0. The fourth-order valence-corrected chi connectivity index (χ4v) is 2.06. The SMILES string of the molecule is COC(=O)C(C)C1CCCC(=O)CC1. The number of carbonyl (C=O) groups is 2. The molecule has 1 saturated carbocycles. The summed E-state index contributed by atoms with van der Waals surface area (Å²) in [6.45, 7) is 1.90. The van der Waals surface area contributed by atoms with E-state index in [1.165, 1.54) is 7.11 Å². The first-order chi connectivity index (χ1) is 6.65. The molecule has 0 N–H and O–H groups in total. The Balaban J connectivity index is 2.50. The molecule has 0 aromatic heterocycles. The van der Waals surface area contributed by atoms with Gasteiger partial charge in [0.05, 0.1) is 13.0 Å². The Labute approximate surface area is 84.8 Å². The lowest BCUT2D eigenvalue weighted by Crippen LogP contribution is -2.22. The van der Waals surface area contributed by atoms with E-state index in [1.54, 1.807) is 0 Å². The summed E-state index contributed by atoms with van der Waals surface area (Å²) in [6.07, 6.45) is 4.05. The molecule has 3 nitrogen and oxygen atoms in total. The van der Waals surface area contributed by atoms with E-state index in [1.807, 2.05) is 6.92 Å². The Morgan fingerprint density at radius 1 is 1.43 bits per heavy atom. The van der Waals surface area contributed by atoms with E-state index in [0.717, 1.165) is 19.3 Å². The van der Waals surface area contributed by atoms with Crippen molar-refractivity contribution in [3.8, 4) is 0 Å². The van der Waals surface area contributed by atoms with Gasteiger partial charge < -0.3 is 4.74 Å². The third-order valence-electron chi connectivity index (χ3n) is 3.10. The number of Topliss-reactive ketones (excluding diaryl/α,β-unsaturated/α-hetero) is 1. The highest BCUT2D eigenvalue weighted by Crippen LogP contribution is 2.28. The monoisotopic (exact) mass is 198 g/mol. The van der Waals surface area contributed by atoms with Gasteiger partial charge in [0.15, 0.2) is 0 Å². The quantitative estimate of drug-likeness (QED) is 0.503. The summed E-state index contributed by atoms with van der Waals surface area (Å²) in [4.78, 5) is 22.5. The van der Waals surface area contributed by atoms with Crippen LogP contribution in [0.4, 0.5) is 0 Å². The minimum Gasteiger partial charge on any atom is -0.469 e. The highest BCUT2D eigenvalue weighted by Gasteiger charge is 2.26. The number of methoxy groups -OCH3 is 1. The van der Waals surface area contributed by atoms with Crippen LogP contribution in [0.2, 0.25) is 0 Å². The lowest BCUT2D eigenvalue weighted by Gasteiger charge is -2.19. The molecule has 2 atom stereocenters. The average molecular weight is 198 g/mol. The fourth-order valence-electron chi connectivity index (χ4n) is 2.06. The van der Waals surface area contributed by atoms with Crippen LogP contribution in [0.3, 0.4) is 0 Å². The summed E-state index contributed by atoms with van der Waals surface area (Å²) in [5.74, 6) is 0.453. The van der Waals surface area contributed by atoms with Crippen LogP contribution in [0.1, 0.15) is 39.0 Å². The molecule has 0 aliphatic heterocycles. The molecule has 0 heterocycles. The maximum Gasteiger partial charge on any atom is 0.308 e. The summed E-state index contributed by atoms with van der Waals surface area (Å²) in [6, 6.07) is 0. The zero-order valence-corrected chi connectivity index (χ0v) is 8.91. The third-order valence-corrected chi connectivity index (χ3v) is 3.10. The molecule has 0 radical (unpaired) electrons. The van der Waals surface area contributed by atoms with Crippen molar-refractivity contribution < 1.29 is 14.3 Å². The summed E-state index contributed by atoms with van der Waals surface area (Å²) < 4.78 is 4.71. The standard InChI is InChI=1S/C11H18O3/c1-8(11(13)14-2)9-4-3-5-10(12)7-6-9/h8-9H,3-7H2,1-2H3. The van der Waals surface area contributed by atoms with E-state index >= 15 is 0 Å². The Kier molecular flexibility index (Phi) is 4.11. The van der Waals surface area contributed by atoms with Crippen LogP contribution in [0, 0.1) is 11.8 Å².